The normalized spacial score (nSPS) is 23.8. The topological polar surface area (TPSA) is 184 Å². The van der Waals surface area contributed by atoms with Gasteiger partial charge >= 0.3 is 29.8 Å². The highest BCUT2D eigenvalue weighted by Gasteiger charge is 2.56. The van der Waals surface area contributed by atoms with Crippen molar-refractivity contribution in [3.63, 3.8) is 0 Å². The first-order valence-corrected chi connectivity index (χ1v) is 21.8. The molecule has 362 valence electrons. The molecule has 0 spiro atoms. The Balaban J connectivity index is 1.98. The predicted octanol–water partition coefficient (Wildman–Crippen LogP) is 7.34. The standard InChI is InChI=1S/C49H74N4O12/c1-44(2,3)39(54)59-29-31-33(61-40(55)45(4,5)6)34(62-41(56)46(7,8)9)35(63-42(57)47(10,11)12)38(60-31)64-37-32-30(22-26-50-36(32)53(51-37)28-27-52(16)17)21-25-49(23-19-18-20-24-49)65-43(58)48(13,14)15/h18-20,22-23,26,31,33-35,38H,21,24-25,27-29H2,1-17H3/t31-,33-,34+,35-,38?,49?/m1/s1/i1D,4D,7D,10D. The number of hydrogen-bond donors (Lipinski definition) is 0. The molecule has 0 bridgehead atoms. The number of aryl methyl sites for hydroxylation is 1. The first-order chi connectivity index (χ1) is 32.0. The molecule has 0 saturated carbocycles. The fourth-order valence-electron chi connectivity index (χ4n) is 6.33. The first-order valence-electron chi connectivity index (χ1n) is 24.7. The highest BCUT2D eigenvalue weighted by atomic mass is 16.7. The number of likely N-dealkylation sites (N-methyl/N-ethyl adjacent to an activating group) is 1. The third-order valence-electron chi connectivity index (χ3n) is 10.4. The van der Waals surface area contributed by atoms with Crippen LogP contribution in [0, 0.1) is 27.1 Å². The van der Waals surface area contributed by atoms with Gasteiger partial charge in [-0.3, -0.25) is 24.0 Å². The Morgan fingerprint density at radius 2 is 1.35 bits per heavy atom. The van der Waals surface area contributed by atoms with Gasteiger partial charge in [0.15, 0.2) is 17.9 Å². The van der Waals surface area contributed by atoms with Crippen molar-refractivity contribution < 1.29 is 62.6 Å². The van der Waals surface area contributed by atoms with Gasteiger partial charge in [-0.05, 0) is 148 Å². The van der Waals surface area contributed by atoms with Crippen LogP contribution in [0.25, 0.3) is 11.0 Å². The molecule has 2 aliphatic rings. The van der Waals surface area contributed by atoms with E-state index in [0.717, 1.165) is 0 Å². The van der Waals surface area contributed by atoms with Gasteiger partial charge in [0.25, 0.3) is 0 Å². The monoisotopic (exact) mass is 915 g/mol. The van der Waals surface area contributed by atoms with E-state index in [2.05, 4.69) is 0 Å². The molecule has 0 radical (unpaired) electrons. The molecule has 1 saturated heterocycles. The van der Waals surface area contributed by atoms with Crippen LogP contribution >= 0.6 is 0 Å². The van der Waals surface area contributed by atoms with E-state index in [4.69, 9.17) is 48.7 Å². The van der Waals surface area contributed by atoms with Crippen LogP contribution in [0.2, 0.25) is 0 Å². The number of fused-ring (bicyclic) bond motifs is 1. The van der Waals surface area contributed by atoms with Gasteiger partial charge in [-0.15, -0.1) is 5.10 Å². The molecule has 6 atom stereocenters. The van der Waals surface area contributed by atoms with E-state index in [1.807, 2.05) is 43.3 Å². The van der Waals surface area contributed by atoms with Crippen molar-refractivity contribution in [2.45, 2.75) is 166 Å². The molecule has 1 fully saturated rings. The number of allylic oxidation sites excluding steroid dienone is 2. The summed E-state index contributed by atoms with van der Waals surface area (Å²) in [6, 6.07) is 1.79. The molecule has 0 N–H and O–H groups in total. The molecule has 2 aromatic rings. The average Bonchev–Trinajstić information content (AvgIpc) is 3.65. The smallest absolute Gasteiger partial charge is 0.312 e. The van der Waals surface area contributed by atoms with Gasteiger partial charge in [0, 0.05) is 24.6 Å². The number of carbonyl (C=O) groups is 5. The Kier molecular flexibility index (Phi) is 14.3. The van der Waals surface area contributed by atoms with Gasteiger partial charge in [0.2, 0.25) is 18.3 Å². The number of hydrogen-bond acceptors (Lipinski definition) is 15. The van der Waals surface area contributed by atoms with Gasteiger partial charge < -0.3 is 38.1 Å². The molecule has 65 heavy (non-hydrogen) atoms. The third-order valence-corrected chi connectivity index (χ3v) is 10.4. The number of rotatable bonds is 14. The van der Waals surface area contributed by atoms with Crippen LogP contribution in [0.3, 0.4) is 0 Å². The Morgan fingerprint density at radius 3 is 1.89 bits per heavy atom. The Morgan fingerprint density at radius 1 is 0.785 bits per heavy atom. The minimum absolute atomic E-state index is 0.0501. The Labute approximate surface area is 390 Å². The van der Waals surface area contributed by atoms with Crippen molar-refractivity contribution in [3.8, 4) is 5.88 Å². The lowest BCUT2D eigenvalue weighted by Gasteiger charge is -2.45. The summed E-state index contributed by atoms with van der Waals surface area (Å²) in [5, 5.41) is 5.31. The SMILES string of the molecule is [2H]CC(C)(C)C(=O)OC[C@H]1OC(Oc2nn(CCN(C)C)c3nccc(CCC4(OC(=O)C(C)(C)C)C=CC=CC4)c23)[C@H](OC(=O)C(C)(C)C[2H])[C@@H](OC(=O)C(C)(C)C[2H])[C@@H]1OC(=O)C(C)(C)C[2H]. The Hall–Kier alpha value is -4.83. The minimum Gasteiger partial charge on any atom is -0.462 e. The number of aromatic nitrogens is 3. The van der Waals surface area contributed by atoms with Gasteiger partial charge in [-0.1, -0.05) is 18.2 Å². The lowest BCUT2D eigenvalue weighted by atomic mass is 9.87. The first kappa shape index (κ1) is 46.7. The van der Waals surface area contributed by atoms with Crippen molar-refractivity contribution in [1.82, 2.24) is 19.7 Å². The van der Waals surface area contributed by atoms with Gasteiger partial charge in [-0.2, -0.15) is 0 Å². The quantitative estimate of drug-likeness (QED) is 0.135. The van der Waals surface area contributed by atoms with Gasteiger partial charge in [-0.25, -0.2) is 9.67 Å². The molecular formula is C49H74N4O12. The third kappa shape index (κ3) is 13.8. The van der Waals surface area contributed by atoms with Crippen molar-refractivity contribution >= 4 is 40.9 Å². The average molecular weight is 915 g/mol. The van der Waals surface area contributed by atoms with E-state index < -0.39 is 115 Å². The molecule has 2 unspecified atom stereocenters. The summed E-state index contributed by atoms with van der Waals surface area (Å²) >= 11 is 0. The second-order valence-electron chi connectivity index (χ2n) is 21.1. The summed E-state index contributed by atoms with van der Waals surface area (Å²) in [6.45, 7) is 15.9. The zero-order valence-corrected chi connectivity index (χ0v) is 40.6. The highest BCUT2D eigenvalue weighted by Crippen LogP contribution is 2.39. The van der Waals surface area contributed by atoms with E-state index in [1.54, 1.807) is 37.7 Å². The van der Waals surface area contributed by atoms with Gasteiger partial charge in [0.1, 0.15) is 18.3 Å². The molecular weight excluding hydrogens is 837 g/mol. The number of carbonyl (C=O) groups excluding carboxylic acids is 5. The van der Waals surface area contributed by atoms with Crippen molar-refractivity contribution in [1.29, 1.82) is 0 Å². The Bertz CT molecular complexity index is 2220. The summed E-state index contributed by atoms with van der Waals surface area (Å²) < 4.78 is 77.8. The largest absolute Gasteiger partial charge is 0.462 e. The predicted molar refractivity (Wildman–Crippen MR) is 243 cm³/mol. The fraction of sp³-hybridized carbons (Fsp3) is 0.694. The van der Waals surface area contributed by atoms with Gasteiger partial charge in [0.05, 0.1) is 39.0 Å². The van der Waals surface area contributed by atoms with Crippen LogP contribution in [0.15, 0.2) is 36.6 Å². The number of nitrogens with zero attached hydrogens (tertiary/aromatic N) is 4. The maximum Gasteiger partial charge on any atom is 0.312 e. The molecule has 1 aliphatic carbocycles. The second kappa shape index (κ2) is 20.0. The lowest BCUT2D eigenvalue weighted by molar-refractivity contribution is -0.294. The molecule has 2 aromatic heterocycles. The summed E-state index contributed by atoms with van der Waals surface area (Å²) in [7, 11) is 3.80. The van der Waals surface area contributed by atoms with E-state index in [1.165, 1.54) is 55.4 Å². The molecule has 0 aromatic carbocycles. The fourth-order valence-corrected chi connectivity index (χ4v) is 6.33. The number of pyridine rings is 1. The number of ether oxygens (including phenoxy) is 7. The van der Waals surface area contributed by atoms with Crippen LogP contribution in [0.4, 0.5) is 0 Å². The van der Waals surface area contributed by atoms with E-state index in [9.17, 15) is 24.0 Å². The van der Waals surface area contributed by atoms with Crippen molar-refractivity contribution in [3.05, 3.63) is 42.1 Å². The van der Waals surface area contributed by atoms with E-state index in [0.29, 0.717) is 48.9 Å². The molecule has 16 nitrogen and oxygen atoms in total. The van der Waals surface area contributed by atoms with Crippen LogP contribution in [0.1, 0.15) is 128 Å². The van der Waals surface area contributed by atoms with E-state index in [-0.39, 0.29) is 18.7 Å². The van der Waals surface area contributed by atoms with Crippen LogP contribution < -0.4 is 4.74 Å². The maximum atomic E-state index is 14.1. The molecule has 0 amide bonds. The number of esters is 5. The van der Waals surface area contributed by atoms with Crippen LogP contribution in [-0.4, -0.2) is 113 Å². The van der Waals surface area contributed by atoms with Crippen LogP contribution in [-0.2, 0) is 65.4 Å². The lowest BCUT2D eigenvalue weighted by Crippen LogP contribution is -2.65. The molecule has 3 heterocycles. The van der Waals surface area contributed by atoms with Crippen LogP contribution in [0.5, 0.6) is 5.88 Å². The second-order valence-corrected chi connectivity index (χ2v) is 21.1. The van der Waals surface area contributed by atoms with Crippen molar-refractivity contribution in [2.75, 3.05) is 27.2 Å². The highest BCUT2D eigenvalue weighted by molar-refractivity contribution is 5.85. The zero-order valence-electron chi connectivity index (χ0n) is 44.6. The van der Waals surface area contributed by atoms with E-state index >= 15 is 0 Å². The summed E-state index contributed by atoms with van der Waals surface area (Å²) in [6.07, 6.45) is 1.75. The van der Waals surface area contributed by atoms with Crippen molar-refractivity contribution in [2.24, 2.45) is 27.1 Å². The summed E-state index contributed by atoms with van der Waals surface area (Å²) in [4.78, 5) is 75.6. The minimum atomic E-state index is -1.77. The maximum absolute atomic E-state index is 14.1. The zero-order chi connectivity index (χ0) is 51.9. The molecule has 4 rings (SSSR count). The summed E-state index contributed by atoms with van der Waals surface area (Å²) in [5.74, 6) is -3.99. The molecule has 16 heteroatoms. The summed E-state index contributed by atoms with van der Waals surface area (Å²) in [5.41, 5.74) is -6.22. The molecule has 1 aliphatic heterocycles.